The van der Waals surface area contributed by atoms with Crippen molar-refractivity contribution in [2.24, 2.45) is 0 Å². The van der Waals surface area contributed by atoms with Crippen LogP contribution >= 0.6 is 0 Å². The van der Waals surface area contributed by atoms with Crippen molar-refractivity contribution in [3.8, 4) is 0 Å². The summed E-state index contributed by atoms with van der Waals surface area (Å²) < 4.78 is 6.61. The zero-order chi connectivity index (χ0) is 20.6. The lowest BCUT2D eigenvalue weighted by Crippen LogP contribution is -2.39. The van der Waals surface area contributed by atoms with Crippen molar-refractivity contribution < 1.29 is 14.3 Å². The maximum Gasteiger partial charge on any atom is 0.252 e. The van der Waals surface area contributed by atoms with E-state index in [2.05, 4.69) is 15.0 Å². The van der Waals surface area contributed by atoms with Crippen LogP contribution in [-0.4, -0.2) is 83.3 Å². The van der Waals surface area contributed by atoms with Crippen LogP contribution in [0, 0.1) is 0 Å². The average molecular weight is 400 g/mol. The summed E-state index contributed by atoms with van der Waals surface area (Å²) in [4.78, 5) is 35.4. The molecule has 2 heterocycles. The van der Waals surface area contributed by atoms with Gasteiger partial charge in [-0.25, -0.2) is 9.67 Å². The van der Waals surface area contributed by atoms with Crippen molar-refractivity contribution in [1.29, 1.82) is 0 Å². The summed E-state index contributed by atoms with van der Waals surface area (Å²) in [5.41, 5.74) is 1.77. The summed E-state index contributed by atoms with van der Waals surface area (Å²) in [6, 6.07) is 7.76. The van der Waals surface area contributed by atoms with Crippen LogP contribution in [0.25, 0.3) is 0 Å². The number of anilines is 1. The quantitative estimate of drug-likeness (QED) is 0.748. The van der Waals surface area contributed by atoms with Gasteiger partial charge < -0.3 is 19.4 Å². The van der Waals surface area contributed by atoms with E-state index in [1.54, 1.807) is 4.90 Å². The highest BCUT2D eigenvalue weighted by Crippen LogP contribution is 2.23. The van der Waals surface area contributed by atoms with Gasteiger partial charge in [0, 0.05) is 39.0 Å². The highest BCUT2D eigenvalue weighted by Gasteiger charge is 2.23. The lowest BCUT2D eigenvalue weighted by atomic mass is 10.1. The number of rotatable bonds is 4. The Kier molecular flexibility index (Phi) is 7.31. The highest BCUT2D eigenvalue weighted by atomic mass is 16.5. The smallest absolute Gasteiger partial charge is 0.252 e. The van der Waals surface area contributed by atoms with E-state index in [-0.39, 0.29) is 25.0 Å². The zero-order valence-electron chi connectivity index (χ0n) is 17.0. The van der Waals surface area contributed by atoms with Gasteiger partial charge in [-0.2, -0.15) is 5.10 Å². The maximum atomic E-state index is 13.0. The number of hydrogen-bond acceptors (Lipinski definition) is 6. The van der Waals surface area contributed by atoms with Crippen LogP contribution < -0.4 is 4.90 Å². The fraction of sp³-hybridized carbons (Fsp3) is 0.500. The summed E-state index contributed by atoms with van der Waals surface area (Å²) >= 11 is 0. The summed E-state index contributed by atoms with van der Waals surface area (Å²) in [5, 5.41) is 4.04. The van der Waals surface area contributed by atoms with Crippen molar-refractivity contribution in [3.63, 3.8) is 0 Å². The molecule has 1 aromatic heterocycles. The molecule has 1 aliphatic rings. The molecule has 0 radical (unpaired) electrons. The summed E-state index contributed by atoms with van der Waals surface area (Å²) in [7, 11) is 3.56. The van der Waals surface area contributed by atoms with Crippen LogP contribution in [-0.2, 0) is 27.4 Å². The highest BCUT2D eigenvalue weighted by molar-refractivity contribution is 5.95. The molecule has 0 N–H and O–H groups in total. The van der Waals surface area contributed by atoms with E-state index >= 15 is 0 Å². The third kappa shape index (κ3) is 5.61. The number of fused-ring (bicyclic) bond motifs is 1. The first-order valence-corrected chi connectivity index (χ1v) is 9.74. The Morgan fingerprint density at radius 3 is 2.69 bits per heavy atom. The summed E-state index contributed by atoms with van der Waals surface area (Å²) in [6.07, 6.45) is 3.80. The first-order chi connectivity index (χ1) is 14.1. The molecule has 29 heavy (non-hydrogen) atoms. The summed E-state index contributed by atoms with van der Waals surface area (Å²) in [5.74, 6) is -0.116. The minimum atomic E-state index is -0.0812. The second-order valence-electron chi connectivity index (χ2n) is 7.17. The fourth-order valence-corrected chi connectivity index (χ4v) is 3.44. The van der Waals surface area contributed by atoms with Crippen LogP contribution in [0.2, 0.25) is 0 Å². The molecule has 0 aliphatic carbocycles. The predicted octanol–water partition coefficient (Wildman–Crippen LogP) is 0.622. The fourth-order valence-electron chi connectivity index (χ4n) is 3.44. The van der Waals surface area contributed by atoms with Gasteiger partial charge in [-0.1, -0.05) is 18.2 Å². The van der Waals surface area contributed by atoms with Gasteiger partial charge in [0.05, 0.1) is 0 Å². The largest absolute Gasteiger partial charge is 0.375 e. The number of likely N-dealkylation sites (N-methyl/N-ethyl adjacent to an activating group) is 1. The number of carbonyl (C=O) groups is 2. The second-order valence-corrected chi connectivity index (χ2v) is 7.17. The minimum Gasteiger partial charge on any atom is -0.375 e. The molecule has 0 unspecified atom stereocenters. The number of ether oxygens (including phenoxy) is 1. The Bertz CT molecular complexity index is 810. The van der Waals surface area contributed by atoms with E-state index < -0.39 is 0 Å². The average Bonchev–Trinajstić information content (AvgIpc) is 3.20. The van der Waals surface area contributed by atoms with Crippen molar-refractivity contribution in [3.05, 3.63) is 42.5 Å². The molecule has 0 saturated carbocycles. The van der Waals surface area contributed by atoms with E-state index in [0.29, 0.717) is 19.6 Å². The van der Waals surface area contributed by atoms with Crippen molar-refractivity contribution in [2.75, 3.05) is 51.8 Å². The molecule has 156 valence electrons. The Balaban J connectivity index is 1.89. The maximum absolute atomic E-state index is 13.0. The van der Waals surface area contributed by atoms with Crippen molar-refractivity contribution in [2.45, 2.75) is 19.5 Å². The van der Waals surface area contributed by atoms with Gasteiger partial charge in [0.2, 0.25) is 5.91 Å². The number of methoxy groups -OCH3 is 1. The molecule has 0 atom stereocenters. The van der Waals surface area contributed by atoms with Crippen LogP contribution in [0.3, 0.4) is 0 Å². The molecule has 2 aromatic rings. The topological polar surface area (TPSA) is 83.8 Å². The van der Waals surface area contributed by atoms with Gasteiger partial charge >= 0.3 is 0 Å². The zero-order valence-corrected chi connectivity index (χ0v) is 17.0. The van der Waals surface area contributed by atoms with Gasteiger partial charge in [-0.3, -0.25) is 9.59 Å². The predicted molar refractivity (Wildman–Crippen MR) is 108 cm³/mol. The van der Waals surface area contributed by atoms with E-state index in [1.165, 1.54) is 24.4 Å². The molecule has 1 aliphatic heterocycles. The third-order valence-electron chi connectivity index (χ3n) is 5.00. The van der Waals surface area contributed by atoms with Gasteiger partial charge in [-0.05, 0) is 31.6 Å². The number of hydrogen-bond donors (Lipinski definition) is 0. The lowest BCUT2D eigenvalue weighted by Gasteiger charge is -2.27. The molecule has 9 heteroatoms. The normalized spacial score (nSPS) is 16.2. The molecule has 0 saturated heterocycles. The van der Waals surface area contributed by atoms with Crippen molar-refractivity contribution in [1.82, 2.24) is 24.6 Å². The van der Waals surface area contributed by atoms with Crippen molar-refractivity contribution >= 4 is 17.5 Å². The van der Waals surface area contributed by atoms with E-state index in [1.807, 2.05) is 36.2 Å². The van der Waals surface area contributed by atoms with E-state index in [4.69, 9.17) is 4.74 Å². The number of para-hydroxylation sites is 1. The van der Waals surface area contributed by atoms with E-state index in [0.717, 1.165) is 30.8 Å². The first-order valence-electron chi connectivity index (χ1n) is 9.74. The second kappa shape index (κ2) is 10.1. The van der Waals surface area contributed by atoms with Gasteiger partial charge in [0.15, 0.2) is 0 Å². The number of carbonyl (C=O) groups excluding carboxylic acids is 2. The molecule has 0 bridgehead atoms. The molecular formula is C20H28N6O3. The number of benzene rings is 1. The Hall–Kier alpha value is -2.78. The Morgan fingerprint density at radius 2 is 1.93 bits per heavy atom. The SMILES string of the molecule is COCC(=O)N1CCCN(C)CCN(C(=O)Cn2cncn2)Cc2ccccc21. The first kappa shape index (κ1) is 20.9. The molecule has 3 rings (SSSR count). The van der Waals surface area contributed by atoms with Crippen LogP contribution in [0.1, 0.15) is 12.0 Å². The molecule has 9 nitrogen and oxygen atoms in total. The molecular weight excluding hydrogens is 372 g/mol. The number of nitrogens with zero attached hydrogens (tertiary/aromatic N) is 6. The standard InChI is InChI=1S/C20H28N6O3/c1-23-8-5-9-26(20(28)14-29-2)18-7-4-3-6-17(18)12-24(11-10-23)19(27)13-25-16-21-15-22-25/h3-4,6-7,15-16H,5,8-14H2,1-2H3. The Morgan fingerprint density at radius 1 is 1.10 bits per heavy atom. The molecule has 0 fully saturated rings. The Labute approximate surface area is 170 Å². The number of amides is 2. The van der Waals surface area contributed by atoms with Crippen LogP contribution in [0.5, 0.6) is 0 Å². The van der Waals surface area contributed by atoms with Crippen LogP contribution in [0.15, 0.2) is 36.9 Å². The van der Waals surface area contributed by atoms with Crippen LogP contribution in [0.4, 0.5) is 5.69 Å². The molecule has 2 amide bonds. The minimum absolute atomic E-state index is 0.0269. The monoisotopic (exact) mass is 400 g/mol. The van der Waals surface area contributed by atoms with E-state index in [9.17, 15) is 9.59 Å². The summed E-state index contributed by atoms with van der Waals surface area (Å²) in [6.45, 7) is 3.40. The van der Waals surface area contributed by atoms with Gasteiger partial charge in [0.1, 0.15) is 25.8 Å². The number of aromatic nitrogens is 3. The lowest BCUT2D eigenvalue weighted by molar-refractivity contribution is -0.132. The molecule has 1 aromatic carbocycles. The third-order valence-corrected chi connectivity index (χ3v) is 5.00. The van der Waals surface area contributed by atoms with Gasteiger partial charge in [0.25, 0.3) is 5.91 Å². The molecule has 0 spiro atoms. The van der Waals surface area contributed by atoms with Gasteiger partial charge in [-0.15, -0.1) is 0 Å².